The van der Waals surface area contributed by atoms with E-state index in [0.29, 0.717) is 6.54 Å². The average molecular weight is 222 g/mol. The zero-order chi connectivity index (χ0) is 11.4. The van der Waals surface area contributed by atoms with Crippen LogP contribution in [0, 0.1) is 0 Å². The Labute approximate surface area is 95.6 Å². The van der Waals surface area contributed by atoms with Gasteiger partial charge in [-0.05, 0) is 25.8 Å². The van der Waals surface area contributed by atoms with Crippen LogP contribution in [-0.2, 0) is 4.79 Å². The van der Waals surface area contributed by atoms with Gasteiger partial charge in [0.25, 0.3) is 0 Å². The van der Waals surface area contributed by atoms with Crippen LogP contribution in [0.25, 0.3) is 0 Å². The quantitative estimate of drug-likeness (QED) is 0.840. The summed E-state index contributed by atoms with van der Waals surface area (Å²) in [7, 11) is 0. The number of hydrogen-bond donors (Lipinski definition) is 1. The largest absolute Gasteiger partial charge is 0.472 e. The first-order chi connectivity index (χ1) is 7.77. The number of hydrogen-bond acceptors (Lipinski definition) is 3. The summed E-state index contributed by atoms with van der Waals surface area (Å²) in [6, 6.07) is 2.07. The van der Waals surface area contributed by atoms with Gasteiger partial charge in [-0.15, -0.1) is 0 Å². The minimum absolute atomic E-state index is 0.158. The molecule has 1 unspecified atom stereocenters. The smallest absolute Gasteiger partial charge is 0.236 e. The molecule has 1 aromatic rings. The van der Waals surface area contributed by atoms with Crippen LogP contribution < -0.4 is 5.32 Å². The lowest BCUT2D eigenvalue weighted by molar-refractivity contribution is -0.129. The highest BCUT2D eigenvalue weighted by molar-refractivity contribution is 5.78. The molecule has 16 heavy (non-hydrogen) atoms. The molecule has 0 spiro atoms. The molecule has 1 saturated heterocycles. The molecule has 1 aromatic heterocycles. The predicted octanol–water partition coefficient (Wildman–Crippen LogP) is 1.55. The van der Waals surface area contributed by atoms with Crippen molar-refractivity contribution < 1.29 is 9.21 Å². The molecular weight excluding hydrogens is 204 g/mol. The number of carbonyl (C=O) groups excluding carboxylic acids is 1. The Morgan fingerprint density at radius 2 is 2.31 bits per heavy atom. The summed E-state index contributed by atoms with van der Waals surface area (Å²) in [5.41, 5.74) is 1.08. The molecule has 4 heteroatoms. The van der Waals surface area contributed by atoms with Crippen molar-refractivity contribution in [3.63, 3.8) is 0 Å². The number of carbonyl (C=O) groups is 1. The lowest BCUT2D eigenvalue weighted by Crippen LogP contribution is -2.37. The number of rotatable bonds is 4. The highest BCUT2D eigenvalue weighted by Gasteiger charge is 2.18. The first-order valence-corrected chi connectivity index (χ1v) is 5.80. The van der Waals surface area contributed by atoms with Crippen molar-refractivity contribution in [3.05, 3.63) is 24.2 Å². The number of nitrogens with one attached hydrogen (secondary N) is 1. The van der Waals surface area contributed by atoms with E-state index in [4.69, 9.17) is 4.42 Å². The van der Waals surface area contributed by atoms with Crippen LogP contribution in [0.2, 0.25) is 0 Å². The zero-order valence-electron chi connectivity index (χ0n) is 9.61. The van der Waals surface area contributed by atoms with Gasteiger partial charge < -0.3 is 14.6 Å². The molecule has 2 heterocycles. The zero-order valence-corrected chi connectivity index (χ0v) is 9.61. The van der Waals surface area contributed by atoms with E-state index in [1.165, 1.54) is 0 Å². The second-order valence-electron chi connectivity index (χ2n) is 4.25. The van der Waals surface area contributed by atoms with E-state index in [9.17, 15) is 4.79 Å². The van der Waals surface area contributed by atoms with Gasteiger partial charge >= 0.3 is 0 Å². The molecular formula is C12H18N2O2. The molecule has 1 aliphatic heterocycles. The molecule has 0 aromatic carbocycles. The van der Waals surface area contributed by atoms with Crippen molar-refractivity contribution in [2.45, 2.75) is 25.8 Å². The van der Waals surface area contributed by atoms with Crippen LogP contribution in [0.1, 0.15) is 31.4 Å². The van der Waals surface area contributed by atoms with E-state index in [0.717, 1.165) is 31.5 Å². The summed E-state index contributed by atoms with van der Waals surface area (Å²) in [6.07, 6.45) is 5.64. The SMILES string of the molecule is CC(NCC(=O)N1CCCC1)c1ccoc1. The van der Waals surface area contributed by atoms with Crippen molar-refractivity contribution in [2.24, 2.45) is 0 Å². The molecule has 0 bridgehead atoms. The van der Waals surface area contributed by atoms with Crippen LogP contribution >= 0.6 is 0 Å². The van der Waals surface area contributed by atoms with Crippen LogP contribution in [0.3, 0.4) is 0 Å². The average Bonchev–Trinajstić information content (AvgIpc) is 2.95. The summed E-state index contributed by atoms with van der Waals surface area (Å²) in [6.45, 7) is 4.27. The van der Waals surface area contributed by atoms with E-state index in [2.05, 4.69) is 5.32 Å². The normalized spacial score (nSPS) is 17.7. The van der Waals surface area contributed by atoms with E-state index in [-0.39, 0.29) is 11.9 Å². The van der Waals surface area contributed by atoms with Gasteiger partial charge in [-0.2, -0.15) is 0 Å². The molecule has 1 amide bonds. The van der Waals surface area contributed by atoms with E-state index in [1.807, 2.05) is 17.9 Å². The fraction of sp³-hybridized carbons (Fsp3) is 0.583. The van der Waals surface area contributed by atoms with Crippen molar-refractivity contribution >= 4 is 5.91 Å². The Hall–Kier alpha value is -1.29. The van der Waals surface area contributed by atoms with Crippen molar-refractivity contribution in [3.8, 4) is 0 Å². The molecule has 88 valence electrons. The predicted molar refractivity (Wildman–Crippen MR) is 60.9 cm³/mol. The van der Waals surface area contributed by atoms with Gasteiger partial charge in [0.15, 0.2) is 0 Å². The first kappa shape index (κ1) is 11.2. The van der Waals surface area contributed by atoms with Gasteiger partial charge in [0.05, 0.1) is 19.1 Å². The topological polar surface area (TPSA) is 45.5 Å². The minimum Gasteiger partial charge on any atom is -0.472 e. The van der Waals surface area contributed by atoms with Gasteiger partial charge in [-0.1, -0.05) is 0 Å². The Kier molecular flexibility index (Phi) is 3.62. The Bertz CT molecular complexity index is 329. The van der Waals surface area contributed by atoms with Crippen molar-refractivity contribution in [1.29, 1.82) is 0 Å². The summed E-state index contributed by atoms with van der Waals surface area (Å²) >= 11 is 0. The third kappa shape index (κ3) is 2.64. The maximum atomic E-state index is 11.8. The number of furan rings is 1. The highest BCUT2D eigenvalue weighted by Crippen LogP contribution is 2.12. The molecule has 1 atom stereocenters. The number of likely N-dealkylation sites (tertiary alicyclic amines) is 1. The van der Waals surface area contributed by atoms with Crippen molar-refractivity contribution in [2.75, 3.05) is 19.6 Å². The van der Waals surface area contributed by atoms with Crippen LogP contribution in [0.4, 0.5) is 0 Å². The number of amides is 1. The third-order valence-corrected chi connectivity index (χ3v) is 3.06. The molecule has 0 saturated carbocycles. The van der Waals surface area contributed by atoms with Crippen LogP contribution in [0.15, 0.2) is 23.0 Å². The van der Waals surface area contributed by atoms with Gasteiger partial charge in [-0.25, -0.2) is 0 Å². The van der Waals surface area contributed by atoms with Gasteiger partial charge in [0.2, 0.25) is 5.91 Å². The third-order valence-electron chi connectivity index (χ3n) is 3.06. The molecule has 0 radical (unpaired) electrons. The fourth-order valence-corrected chi connectivity index (χ4v) is 1.96. The second-order valence-corrected chi connectivity index (χ2v) is 4.25. The van der Waals surface area contributed by atoms with E-state index >= 15 is 0 Å². The van der Waals surface area contributed by atoms with E-state index < -0.39 is 0 Å². The summed E-state index contributed by atoms with van der Waals surface area (Å²) < 4.78 is 5.01. The molecule has 1 aliphatic rings. The Morgan fingerprint density at radius 1 is 1.56 bits per heavy atom. The lowest BCUT2D eigenvalue weighted by Gasteiger charge is -2.17. The Morgan fingerprint density at radius 3 is 2.94 bits per heavy atom. The Balaban J connectivity index is 1.76. The standard InChI is InChI=1S/C12H18N2O2/c1-10(11-4-7-16-9-11)13-8-12(15)14-5-2-3-6-14/h4,7,9-10,13H,2-3,5-6,8H2,1H3. The summed E-state index contributed by atoms with van der Waals surface area (Å²) in [4.78, 5) is 13.7. The highest BCUT2D eigenvalue weighted by atomic mass is 16.3. The van der Waals surface area contributed by atoms with Gasteiger partial charge in [0, 0.05) is 24.7 Å². The van der Waals surface area contributed by atoms with E-state index in [1.54, 1.807) is 12.5 Å². The second kappa shape index (κ2) is 5.16. The molecule has 0 aliphatic carbocycles. The van der Waals surface area contributed by atoms with Crippen molar-refractivity contribution in [1.82, 2.24) is 10.2 Å². The molecule has 1 N–H and O–H groups in total. The molecule has 2 rings (SSSR count). The van der Waals surface area contributed by atoms with Gasteiger partial charge in [0.1, 0.15) is 0 Å². The maximum Gasteiger partial charge on any atom is 0.236 e. The monoisotopic (exact) mass is 222 g/mol. The minimum atomic E-state index is 0.158. The maximum absolute atomic E-state index is 11.8. The number of nitrogens with zero attached hydrogens (tertiary/aromatic N) is 1. The summed E-state index contributed by atoms with van der Waals surface area (Å²) in [5, 5.41) is 3.21. The fourth-order valence-electron chi connectivity index (χ4n) is 1.96. The van der Waals surface area contributed by atoms with Gasteiger partial charge in [-0.3, -0.25) is 4.79 Å². The first-order valence-electron chi connectivity index (χ1n) is 5.80. The lowest BCUT2D eigenvalue weighted by atomic mass is 10.2. The molecule has 4 nitrogen and oxygen atoms in total. The van der Waals surface area contributed by atoms with Crippen LogP contribution in [-0.4, -0.2) is 30.4 Å². The molecule has 1 fully saturated rings. The van der Waals surface area contributed by atoms with Crippen LogP contribution in [0.5, 0.6) is 0 Å². The summed E-state index contributed by atoms with van der Waals surface area (Å²) in [5.74, 6) is 0.202.